The van der Waals surface area contributed by atoms with Crippen molar-refractivity contribution in [1.29, 1.82) is 0 Å². The van der Waals surface area contributed by atoms with Crippen molar-refractivity contribution in [2.24, 2.45) is 0 Å². The summed E-state index contributed by atoms with van der Waals surface area (Å²) in [5.41, 5.74) is 1.57. The second-order valence-corrected chi connectivity index (χ2v) is 10.1. The second kappa shape index (κ2) is 14.2. The molecule has 0 unspecified atom stereocenters. The number of nitrogens with zero attached hydrogens (tertiary/aromatic N) is 4. The number of likely N-dealkylation sites (N-methyl/N-ethyl adjacent to an activating group) is 1. The predicted octanol–water partition coefficient (Wildman–Crippen LogP) is 5.04. The van der Waals surface area contributed by atoms with Gasteiger partial charge in [0.05, 0.1) is 41.3 Å². The quantitative estimate of drug-likeness (QED) is 0.244. The molecule has 41 heavy (non-hydrogen) atoms. The average molecular weight is 603 g/mol. The Hall–Kier alpha value is -3.77. The van der Waals surface area contributed by atoms with Crippen molar-refractivity contribution in [3.63, 3.8) is 0 Å². The number of carbonyl (C=O) groups is 1. The summed E-state index contributed by atoms with van der Waals surface area (Å²) in [6.07, 6.45) is 2.60. The number of ether oxygens (including phenoxy) is 3. The van der Waals surface area contributed by atoms with Crippen LogP contribution in [0, 0.1) is 0 Å². The third kappa shape index (κ3) is 8.14. The maximum absolute atomic E-state index is 12.2. The van der Waals surface area contributed by atoms with Crippen LogP contribution in [0.2, 0.25) is 10.0 Å². The Balaban J connectivity index is 1.53. The molecule has 11 nitrogen and oxygen atoms in total. The van der Waals surface area contributed by atoms with E-state index in [2.05, 4.69) is 49.3 Å². The van der Waals surface area contributed by atoms with Crippen LogP contribution in [-0.2, 0) is 4.79 Å². The normalized spacial score (nSPS) is 13.8. The molecule has 218 valence electrons. The lowest BCUT2D eigenvalue weighted by atomic mass is 10.2. The number of amides is 1. The number of anilines is 5. The van der Waals surface area contributed by atoms with Crippen LogP contribution in [0.1, 0.15) is 0 Å². The van der Waals surface area contributed by atoms with Gasteiger partial charge >= 0.3 is 0 Å². The molecule has 2 heterocycles. The van der Waals surface area contributed by atoms with Gasteiger partial charge in [0.1, 0.15) is 41.8 Å². The van der Waals surface area contributed by atoms with Gasteiger partial charge in [0.2, 0.25) is 5.91 Å². The van der Waals surface area contributed by atoms with Crippen LogP contribution < -0.4 is 30.2 Å². The van der Waals surface area contributed by atoms with Crippen LogP contribution in [0.25, 0.3) is 0 Å². The van der Waals surface area contributed by atoms with Crippen molar-refractivity contribution in [3.8, 4) is 17.2 Å². The number of aromatic nitrogens is 2. The lowest BCUT2D eigenvalue weighted by molar-refractivity contribution is -0.111. The maximum Gasteiger partial charge on any atom is 0.247 e. The van der Waals surface area contributed by atoms with Crippen molar-refractivity contribution < 1.29 is 19.0 Å². The van der Waals surface area contributed by atoms with Crippen LogP contribution in [0.4, 0.5) is 28.7 Å². The molecule has 1 aromatic heterocycles. The number of nitrogens with one attached hydrogen (secondary N) is 3. The topological polar surface area (TPSA) is 113 Å². The van der Waals surface area contributed by atoms with Gasteiger partial charge in [-0.25, -0.2) is 9.97 Å². The molecule has 0 atom stereocenters. The van der Waals surface area contributed by atoms with Crippen molar-refractivity contribution in [3.05, 3.63) is 59.4 Å². The first-order chi connectivity index (χ1) is 19.8. The molecule has 1 aliphatic heterocycles. The van der Waals surface area contributed by atoms with E-state index in [4.69, 9.17) is 37.4 Å². The summed E-state index contributed by atoms with van der Waals surface area (Å²) in [5.74, 6) is 2.01. The summed E-state index contributed by atoms with van der Waals surface area (Å²) in [5, 5.41) is 9.99. The van der Waals surface area contributed by atoms with E-state index in [1.807, 2.05) is 0 Å². The number of halogens is 2. The summed E-state index contributed by atoms with van der Waals surface area (Å²) < 4.78 is 17.0. The number of carbonyl (C=O) groups excluding carboxylic acids is 1. The fraction of sp³-hybridized carbons (Fsp3) is 0.321. The summed E-state index contributed by atoms with van der Waals surface area (Å²) in [7, 11) is 5.20. The van der Waals surface area contributed by atoms with Crippen molar-refractivity contribution in [2.45, 2.75) is 0 Å². The van der Waals surface area contributed by atoms with E-state index in [9.17, 15) is 4.79 Å². The van der Waals surface area contributed by atoms with Gasteiger partial charge in [0, 0.05) is 50.9 Å². The maximum atomic E-state index is 12.2. The zero-order valence-corrected chi connectivity index (χ0v) is 24.7. The number of benzene rings is 2. The number of hydrogen-bond acceptors (Lipinski definition) is 10. The molecule has 4 rings (SSSR count). The van der Waals surface area contributed by atoms with Gasteiger partial charge in [-0.15, -0.1) is 0 Å². The van der Waals surface area contributed by atoms with E-state index in [0.29, 0.717) is 62.6 Å². The lowest BCUT2D eigenvalue weighted by Crippen LogP contribution is -2.45. The number of methoxy groups -OCH3 is 2. The molecule has 0 radical (unpaired) electrons. The molecule has 3 aromatic rings. The Bertz CT molecular complexity index is 1380. The van der Waals surface area contributed by atoms with Gasteiger partial charge in [0.15, 0.2) is 0 Å². The number of hydrogen-bond donors (Lipinski definition) is 3. The van der Waals surface area contributed by atoms with Gasteiger partial charge in [-0.3, -0.25) is 9.69 Å². The highest BCUT2D eigenvalue weighted by Crippen LogP contribution is 2.39. The zero-order chi connectivity index (χ0) is 29.4. The third-order valence-corrected chi connectivity index (χ3v) is 7.05. The molecular formula is C28H33Cl2N7O4. The smallest absolute Gasteiger partial charge is 0.247 e. The zero-order valence-electron chi connectivity index (χ0n) is 23.2. The van der Waals surface area contributed by atoms with E-state index >= 15 is 0 Å². The van der Waals surface area contributed by atoms with E-state index in [-0.39, 0.29) is 5.91 Å². The largest absolute Gasteiger partial charge is 0.495 e. The van der Waals surface area contributed by atoms with E-state index in [1.54, 1.807) is 37.4 Å². The molecule has 3 N–H and O–H groups in total. The molecule has 1 aliphatic rings. The molecule has 0 saturated carbocycles. The highest BCUT2D eigenvalue weighted by Gasteiger charge is 2.17. The van der Waals surface area contributed by atoms with Crippen molar-refractivity contribution >= 4 is 57.8 Å². The van der Waals surface area contributed by atoms with E-state index < -0.39 is 0 Å². The van der Waals surface area contributed by atoms with Crippen LogP contribution in [0.15, 0.2) is 49.3 Å². The highest BCUT2D eigenvalue weighted by molar-refractivity contribution is 6.37. The summed E-state index contributed by atoms with van der Waals surface area (Å²) in [6, 6.07) is 8.41. The molecule has 2 aromatic carbocycles. The van der Waals surface area contributed by atoms with Gasteiger partial charge in [-0.1, -0.05) is 29.8 Å². The SMILES string of the molecule is C=CC(=O)Nc1cc(Nc2cc(Nc3cc(OC)c(Cl)cc3Cl)ncn2)c(OC)cc1OCCN1CCN(C)CC1. The minimum atomic E-state index is -0.367. The average Bonchev–Trinajstić information content (AvgIpc) is 2.96. The standard InChI is InChI=1S/C28H33Cl2N7O4/c1-5-28(38)35-22-13-21(24(40-4)15-25(22)41-11-10-37-8-6-36(2)7-9-37)34-27-16-26(31-17-32-27)33-20-14-23(39-3)19(30)12-18(20)29/h5,12-17H,1,6-11H2,2-4H3,(H,35,38)(H2,31,32,33,34). The van der Waals surface area contributed by atoms with Gasteiger partial charge in [0.25, 0.3) is 0 Å². The second-order valence-electron chi connectivity index (χ2n) is 9.24. The van der Waals surface area contributed by atoms with Crippen LogP contribution >= 0.6 is 23.2 Å². The lowest BCUT2D eigenvalue weighted by Gasteiger charge is -2.32. The first kappa shape index (κ1) is 30.2. The summed E-state index contributed by atoms with van der Waals surface area (Å²) in [4.78, 5) is 25.5. The van der Waals surface area contributed by atoms with E-state index in [1.165, 1.54) is 19.5 Å². The third-order valence-electron chi connectivity index (χ3n) is 6.44. The van der Waals surface area contributed by atoms with Gasteiger partial charge < -0.3 is 35.1 Å². The summed E-state index contributed by atoms with van der Waals surface area (Å²) >= 11 is 12.5. The van der Waals surface area contributed by atoms with Gasteiger partial charge in [-0.2, -0.15) is 0 Å². The first-order valence-electron chi connectivity index (χ1n) is 12.9. The minimum absolute atomic E-state index is 0.367. The minimum Gasteiger partial charge on any atom is -0.495 e. The number of piperazine rings is 1. The highest BCUT2D eigenvalue weighted by atomic mass is 35.5. The molecule has 1 fully saturated rings. The van der Waals surface area contributed by atoms with Crippen LogP contribution in [0.5, 0.6) is 17.2 Å². The molecule has 0 bridgehead atoms. The fourth-order valence-corrected chi connectivity index (χ4v) is 4.64. The molecule has 0 aliphatic carbocycles. The van der Waals surface area contributed by atoms with Gasteiger partial charge in [-0.05, 0) is 25.3 Å². The Labute approximate surface area is 249 Å². The molecule has 13 heteroatoms. The Morgan fingerprint density at radius 3 is 2.24 bits per heavy atom. The molecule has 1 amide bonds. The monoisotopic (exact) mass is 601 g/mol. The Kier molecular flexibility index (Phi) is 10.5. The van der Waals surface area contributed by atoms with E-state index in [0.717, 1.165) is 32.7 Å². The number of rotatable bonds is 12. The first-order valence-corrected chi connectivity index (χ1v) is 13.6. The van der Waals surface area contributed by atoms with Crippen LogP contribution in [0.3, 0.4) is 0 Å². The van der Waals surface area contributed by atoms with Crippen LogP contribution in [-0.4, -0.2) is 86.3 Å². The fourth-order valence-electron chi connectivity index (χ4n) is 4.14. The molecule has 1 saturated heterocycles. The predicted molar refractivity (Wildman–Crippen MR) is 163 cm³/mol. The Morgan fingerprint density at radius 2 is 1.59 bits per heavy atom. The summed E-state index contributed by atoms with van der Waals surface area (Å²) in [6.45, 7) is 8.80. The van der Waals surface area contributed by atoms with Crippen molar-refractivity contribution in [2.75, 3.05) is 76.5 Å². The molecule has 0 spiro atoms. The molecular weight excluding hydrogens is 569 g/mol. The Morgan fingerprint density at radius 1 is 0.902 bits per heavy atom. The van der Waals surface area contributed by atoms with Crippen molar-refractivity contribution in [1.82, 2.24) is 19.8 Å².